The minimum absolute atomic E-state index is 0.0470. The Labute approximate surface area is 187 Å². The van der Waals surface area contributed by atoms with Crippen LogP contribution in [0, 0.1) is 6.92 Å². The second kappa shape index (κ2) is 9.37. The molecule has 31 heavy (non-hydrogen) atoms. The lowest BCUT2D eigenvalue weighted by molar-refractivity contribution is 0.0827. The van der Waals surface area contributed by atoms with E-state index in [1.54, 1.807) is 19.0 Å². The number of benzene rings is 2. The minimum atomic E-state index is 0.0470. The Morgan fingerprint density at radius 1 is 1.10 bits per heavy atom. The van der Waals surface area contributed by atoms with E-state index in [1.807, 2.05) is 12.1 Å². The van der Waals surface area contributed by atoms with E-state index in [-0.39, 0.29) is 11.9 Å². The molecule has 1 amide bonds. The van der Waals surface area contributed by atoms with Crippen LogP contribution in [0.5, 0.6) is 0 Å². The molecule has 2 fully saturated rings. The van der Waals surface area contributed by atoms with Crippen molar-refractivity contribution < 1.29 is 4.79 Å². The molecule has 0 radical (unpaired) electrons. The average Bonchev–Trinajstić information content (AvgIpc) is 3.03. The van der Waals surface area contributed by atoms with Crippen LogP contribution in [-0.4, -0.2) is 66.4 Å². The topological polar surface area (TPSA) is 26.8 Å². The van der Waals surface area contributed by atoms with Crippen molar-refractivity contribution >= 4 is 5.91 Å². The molecular weight excluding hydrogens is 382 g/mol. The molecule has 3 unspecified atom stereocenters. The molecule has 3 atom stereocenters. The van der Waals surface area contributed by atoms with Crippen LogP contribution in [-0.2, 0) is 0 Å². The van der Waals surface area contributed by atoms with E-state index in [4.69, 9.17) is 0 Å². The standard InChI is InChI=1S/C27H35N3O/c1-5-16-30-24-13-14-25(30)19-29(17-15-24)26(23-8-6-7-20(2)18-23)21-9-11-22(12-10-21)27(31)28(3)4/h5-12,18,24-26H,1,13-17,19H2,2-4H3. The fourth-order valence-electron chi connectivity index (χ4n) is 5.40. The Balaban J connectivity index is 1.67. The normalized spacial score (nSPS) is 22.7. The monoisotopic (exact) mass is 417 g/mol. The van der Waals surface area contributed by atoms with Gasteiger partial charge in [-0.25, -0.2) is 0 Å². The van der Waals surface area contributed by atoms with Crippen LogP contribution < -0.4 is 0 Å². The molecule has 0 aromatic heterocycles. The maximum Gasteiger partial charge on any atom is 0.253 e. The predicted octanol–water partition coefficient (Wildman–Crippen LogP) is 4.51. The van der Waals surface area contributed by atoms with E-state index < -0.39 is 0 Å². The number of rotatable bonds is 6. The van der Waals surface area contributed by atoms with Crippen molar-refractivity contribution in [2.45, 2.75) is 44.3 Å². The number of amides is 1. The first-order valence-corrected chi connectivity index (χ1v) is 11.5. The van der Waals surface area contributed by atoms with E-state index in [0.717, 1.165) is 25.2 Å². The molecule has 2 bridgehead atoms. The van der Waals surface area contributed by atoms with Crippen molar-refractivity contribution in [2.75, 3.05) is 33.7 Å². The molecule has 0 N–H and O–H groups in total. The lowest BCUT2D eigenvalue weighted by atomic mass is 9.93. The molecule has 164 valence electrons. The summed E-state index contributed by atoms with van der Waals surface area (Å²) in [6, 6.07) is 18.6. The Hall–Kier alpha value is -2.43. The third kappa shape index (κ3) is 4.60. The molecule has 0 aliphatic carbocycles. The smallest absolute Gasteiger partial charge is 0.253 e. The fourth-order valence-corrected chi connectivity index (χ4v) is 5.40. The van der Waals surface area contributed by atoms with Crippen LogP contribution in [0.1, 0.15) is 52.4 Å². The van der Waals surface area contributed by atoms with Crippen molar-refractivity contribution in [3.8, 4) is 0 Å². The van der Waals surface area contributed by atoms with Crippen LogP contribution in [0.3, 0.4) is 0 Å². The van der Waals surface area contributed by atoms with Gasteiger partial charge in [0.25, 0.3) is 5.91 Å². The number of nitrogens with zero attached hydrogens (tertiary/aromatic N) is 3. The third-order valence-corrected chi connectivity index (χ3v) is 6.91. The SMILES string of the molecule is C=CCN1C2CCC1CN(C(c1ccc(C(=O)N(C)C)cc1)c1cccc(C)c1)CC2. The van der Waals surface area contributed by atoms with Crippen LogP contribution in [0.2, 0.25) is 0 Å². The zero-order valence-corrected chi connectivity index (χ0v) is 19.1. The summed E-state index contributed by atoms with van der Waals surface area (Å²) in [6.45, 7) is 9.30. The highest BCUT2D eigenvalue weighted by atomic mass is 16.2. The van der Waals surface area contributed by atoms with Gasteiger partial charge < -0.3 is 4.90 Å². The summed E-state index contributed by atoms with van der Waals surface area (Å²) in [6.07, 6.45) is 5.83. The molecule has 0 saturated carbocycles. The predicted molar refractivity (Wildman–Crippen MR) is 127 cm³/mol. The van der Waals surface area contributed by atoms with E-state index in [1.165, 1.54) is 36.0 Å². The summed E-state index contributed by atoms with van der Waals surface area (Å²) in [7, 11) is 3.60. The molecule has 4 nitrogen and oxygen atoms in total. The van der Waals surface area contributed by atoms with Gasteiger partial charge in [0.05, 0.1) is 6.04 Å². The molecule has 2 aliphatic rings. The number of carbonyl (C=O) groups is 1. The zero-order chi connectivity index (χ0) is 22.0. The van der Waals surface area contributed by atoms with Crippen LogP contribution >= 0.6 is 0 Å². The first kappa shape index (κ1) is 21.8. The molecule has 0 spiro atoms. The molecule has 2 heterocycles. The van der Waals surface area contributed by atoms with Crippen molar-refractivity contribution in [1.82, 2.24) is 14.7 Å². The quantitative estimate of drug-likeness (QED) is 0.647. The lowest BCUT2D eigenvalue weighted by Gasteiger charge is -2.34. The summed E-state index contributed by atoms with van der Waals surface area (Å²) in [5, 5.41) is 0. The fraction of sp³-hybridized carbons (Fsp3) is 0.444. The number of hydrogen-bond acceptors (Lipinski definition) is 3. The summed E-state index contributed by atoms with van der Waals surface area (Å²) >= 11 is 0. The van der Waals surface area contributed by atoms with Gasteiger partial charge in [-0.2, -0.15) is 0 Å². The van der Waals surface area contributed by atoms with Gasteiger partial charge >= 0.3 is 0 Å². The van der Waals surface area contributed by atoms with Gasteiger partial charge in [0, 0.05) is 51.4 Å². The third-order valence-electron chi connectivity index (χ3n) is 6.91. The van der Waals surface area contributed by atoms with E-state index >= 15 is 0 Å². The van der Waals surface area contributed by atoms with Crippen molar-refractivity contribution in [3.05, 3.63) is 83.4 Å². The maximum absolute atomic E-state index is 12.4. The summed E-state index contributed by atoms with van der Waals surface area (Å²) < 4.78 is 0. The molecular formula is C27H35N3O. The Morgan fingerprint density at radius 2 is 1.84 bits per heavy atom. The number of carbonyl (C=O) groups excluding carboxylic acids is 1. The van der Waals surface area contributed by atoms with Gasteiger partial charge in [-0.05, 0) is 49.4 Å². The van der Waals surface area contributed by atoms with Crippen molar-refractivity contribution in [1.29, 1.82) is 0 Å². The largest absolute Gasteiger partial charge is 0.345 e. The highest BCUT2D eigenvalue weighted by Gasteiger charge is 2.38. The number of hydrogen-bond donors (Lipinski definition) is 0. The Morgan fingerprint density at radius 3 is 2.52 bits per heavy atom. The van der Waals surface area contributed by atoms with Crippen LogP contribution in [0.25, 0.3) is 0 Å². The highest BCUT2D eigenvalue weighted by Crippen LogP contribution is 2.36. The number of aryl methyl sites for hydroxylation is 1. The summed E-state index contributed by atoms with van der Waals surface area (Å²) in [5.41, 5.74) is 4.61. The lowest BCUT2D eigenvalue weighted by Crippen LogP contribution is -2.40. The van der Waals surface area contributed by atoms with Gasteiger partial charge in [-0.3, -0.25) is 14.6 Å². The van der Waals surface area contributed by atoms with Crippen molar-refractivity contribution in [3.63, 3.8) is 0 Å². The summed E-state index contributed by atoms with van der Waals surface area (Å²) in [4.78, 5) is 19.3. The number of fused-ring (bicyclic) bond motifs is 2. The molecule has 4 heteroatoms. The van der Waals surface area contributed by atoms with Gasteiger partial charge in [0.2, 0.25) is 0 Å². The minimum Gasteiger partial charge on any atom is -0.345 e. The molecule has 4 rings (SSSR count). The summed E-state index contributed by atoms with van der Waals surface area (Å²) in [5.74, 6) is 0.0470. The van der Waals surface area contributed by atoms with Crippen LogP contribution in [0.4, 0.5) is 0 Å². The second-order valence-electron chi connectivity index (χ2n) is 9.29. The zero-order valence-electron chi connectivity index (χ0n) is 19.1. The first-order valence-electron chi connectivity index (χ1n) is 11.5. The first-order chi connectivity index (χ1) is 15.0. The molecule has 2 aromatic carbocycles. The van der Waals surface area contributed by atoms with Crippen molar-refractivity contribution in [2.24, 2.45) is 0 Å². The Bertz CT molecular complexity index is 920. The highest BCUT2D eigenvalue weighted by molar-refractivity contribution is 5.93. The van der Waals surface area contributed by atoms with E-state index in [0.29, 0.717) is 12.1 Å². The molecule has 2 aromatic rings. The van der Waals surface area contributed by atoms with Gasteiger partial charge in [0.1, 0.15) is 0 Å². The number of likely N-dealkylation sites (tertiary alicyclic amines) is 1. The van der Waals surface area contributed by atoms with E-state index in [2.05, 4.69) is 65.8 Å². The van der Waals surface area contributed by atoms with Crippen LogP contribution in [0.15, 0.2) is 61.2 Å². The van der Waals surface area contributed by atoms with Gasteiger partial charge in [0.15, 0.2) is 0 Å². The Kier molecular flexibility index (Phi) is 6.59. The van der Waals surface area contributed by atoms with Gasteiger partial charge in [-0.15, -0.1) is 6.58 Å². The van der Waals surface area contributed by atoms with E-state index in [9.17, 15) is 4.79 Å². The van der Waals surface area contributed by atoms with Gasteiger partial charge in [-0.1, -0.05) is 48.0 Å². The average molecular weight is 418 g/mol. The molecule has 2 aliphatic heterocycles. The maximum atomic E-state index is 12.4. The second-order valence-corrected chi connectivity index (χ2v) is 9.29. The molecule has 2 saturated heterocycles.